The summed E-state index contributed by atoms with van der Waals surface area (Å²) in [5.74, 6) is -0.957. The van der Waals surface area contributed by atoms with Gasteiger partial charge in [-0.05, 0) is 30.2 Å². The summed E-state index contributed by atoms with van der Waals surface area (Å²) in [7, 11) is -0.407. The Balaban J connectivity index is 1.89. The third-order valence-electron chi connectivity index (χ3n) is 4.67. The van der Waals surface area contributed by atoms with Crippen molar-refractivity contribution in [3.63, 3.8) is 0 Å². The molecule has 0 aliphatic carbocycles. The third-order valence-corrected chi connectivity index (χ3v) is 6.37. The Bertz CT molecular complexity index is 999. The van der Waals surface area contributed by atoms with E-state index in [0.29, 0.717) is 16.8 Å². The smallest absolute Gasteiger partial charge is 0.414 e. The highest BCUT2D eigenvalue weighted by molar-refractivity contribution is 7.96. The topological polar surface area (TPSA) is 113 Å². The molecule has 2 aliphatic rings. The van der Waals surface area contributed by atoms with Crippen LogP contribution in [0, 0.1) is 0 Å². The molecule has 1 aromatic carbocycles. The molecule has 1 atom stereocenters. The Hall–Kier alpha value is -2.88. The van der Waals surface area contributed by atoms with E-state index in [4.69, 9.17) is 4.74 Å². The lowest BCUT2D eigenvalue weighted by atomic mass is 10.00. The Labute approximate surface area is 169 Å². The number of amides is 2. The van der Waals surface area contributed by atoms with Crippen LogP contribution in [0.4, 0.5) is 10.5 Å². The van der Waals surface area contributed by atoms with Crippen LogP contribution in [0.2, 0.25) is 0 Å². The van der Waals surface area contributed by atoms with Gasteiger partial charge in [0, 0.05) is 38.5 Å². The van der Waals surface area contributed by atoms with Crippen molar-refractivity contribution in [2.75, 3.05) is 37.8 Å². The molecule has 9 nitrogen and oxygen atoms in total. The Morgan fingerprint density at radius 1 is 1.34 bits per heavy atom. The van der Waals surface area contributed by atoms with Crippen molar-refractivity contribution in [3.05, 3.63) is 40.4 Å². The van der Waals surface area contributed by atoms with Crippen molar-refractivity contribution < 1.29 is 27.5 Å². The maximum Gasteiger partial charge on any atom is 0.414 e. The van der Waals surface area contributed by atoms with Crippen LogP contribution in [0.15, 0.2) is 29.3 Å². The first-order chi connectivity index (χ1) is 13.6. The third kappa shape index (κ3) is 4.42. The first-order valence-corrected chi connectivity index (χ1v) is 10.7. The van der Waals surface area contributed by atoms with Crippen molar-refractivity contribution in [2.24, 2.45) is 0 Å². The predicted molar refractivity (Wildman–Crippen MR) is 106 cm³/mol. The second kappa shape index (κ2) is 7.86. The van der Waals surface area contributed by atoms with E-state index in [2.05, 4.69) is 5.32 Å². The molecule has 1 N–H and O–H groups in total. The molecule has 0 radical (unpaired) electrons. The number of Topliss-reactive ketones (excluding diaryl/α,β-unsaturated/α-hetero) is 1. The molecule has 10 heteroatoms. The highest BCUT2D eigenvalue weighted by Gasteiger charge is 2.35. The number of fused-ring (bicyclic) bond motifs is 1. The quantitative estimate of drug-likeness (QED) is 0.712. The number of aryl methyl sites for hydroxylation is 1. The molecule has 0 unspecified atom stereocenters. The molecule has 1 fully saturated rings. The summed E-state index contributed by atoms with van der Waals surface area (Å²) in [6.45, 7) is 1.83. The van der Waals surface area contributed by atoms with Gasteiger partial charge in [-0.2, -0.15) is 0 Å². The molecular weight excluding hydrogens is 398 g/mol. The fourth-order valence-electron chi connectivity index (χ4n) is 3.27. The molecule has 3 rings (SSSR count). The van der Waals surface area contributed by atoms with E-state index in [1.165, 1.54) is 22.9 Å². The number of ether oxygens (including phenoxy) is 1. The molecule has 156 valence electrons. The van der Waals surface area contributed by atoms with Gasteiger partial charge in [-0.25, -0.2) is 13.2 Å². The second-order valence-electron chi connectivity index (χ2n) is 7.25. The molecular formula is C19H23N3O6S. The van der Waals surface area contributed by atoms with E-state index in [1.54, 1.807) is 32.3 Å². The van der Waals surface area contributed by atoms with Crippen LogP contribution >= 0.6 is 0 Å². The number of rotatable bonds is 4. The van der Waals surface area contributed by atoms with Crippen LogP contribution in [0.1, 0.15) is 22.8 Å². The number of hydrogen-bond acceptors (Lipinski definition) is 7. The minimum Gasteiger partial charge on any atom is -0.442 e. The number of sulfone groups is 1. The summed E-state index contributed by atoms with van der Waals surface area (Å²) in [6.07, 6.45) is 0.452. The maximum atomic E-state index is 12.9. The zero-order chi connectivity index (χ0) is 21.3. The van der Waals surface area contributed by atoms with E-state index in [1.807, 2.05) is 0 Å². The lowest BCUT2D eigenvalue weighted by Gasteiger charge is -2.15. The van der Waals surface area contributed by atoms with Crippen molar-refractivity contribution in [3.8, 4) is 0 Å². The normalized spacial score (nSPS) is 22.1. The molecule has 1 aromatic rings. The minimum atomic E-state index is -3.71. The Morgan fingerprint density at radius 3 is 2.72 bits per heavy atom. The molecule has 2 aliphatic heterocycles. The number of allylic oxidation sites excluding steroid dienone is 1. The number of benzene rings is 1. The highest BCUT2D eigenvalue weighted by Crippen LogP contribution is 2.30. The van der Waals surface area contributed by atoms with Crippen LogP contribution in [-0.4, -0.2) is 70.1 Å². The molecule has 2 heterocycles. The van der Waals surface area contributed by atoms with Crippen molar-refractivity contribution >= 4 is 33.3 Å². The summed E-state index contributed by atoms with van der Waals surface area (Å²) in [4.78, 5) is 38.8. The average molecular weight is 421 g/mol. The van der Waals surface area contributed by atoms with Crippen molar-refractivity contribution in [1.29, 1.82) is 0 Å². The maximum absolute atomic E-state index is 12.9. The van der Waals surface area contributed by atoms with E-state index in [0.717, 1.165) is 0 Å². The van der Waals surface area contributed by atoms with Crippen molar-refractivity contribution in [1.82, 2.24) is 10.2 Å². The zero-order valence-corrected chi connectivity index (χ0v) is 17.3. The summed E-state index contributed by atoms with van der Waals surface area (Å²) >= 11 is 0. The van der Waals surface area contributed by atoms with Gasteiger partial charge in [-0.3, -0.25) is 14.5 Å². The van der Waals surface area contributed by atoms with Crippen LogP contribution in [0.25, 0.3) is 0 Å². The standard InChI is InChI=1S/C19H23N3O6S/c1-12(23)20-9-15-10-22(19(25)28-15)14-4-5-16-13(8-14)6-7-29(26,27)17(18(16)24)11-21(2)3/h4-5,8,11,15H,6-7,9-10H2,1-3H3,(H,20,23)/b17-11-/t15-/m0/s1. The van der Waals surface area contributed by atoms with E-state index in [-0.39, 0.29) is 36.1 Å². The molecule has 0 saturated carbocycles. The van der Waals surface area contributed by atoms with Gasteiger partial charge in [0.25, 0.3) is 0 Å². The van der Waals surface area contributed by atoms with Crippen LogP contribution in [0.3, 0.4) is 0 Å². The summed E-state index contributed by atoms with van der Waals surface area (Å²) in [6, 6.07) is 4.80. The monoisotopic (exact) mass is 421 g/mol. The average Bonchev–Trinajstić information content (AvgIpc) is 2.98. The van der Waals surface area contributed by atoms with E-state index >= 15 is 0 Å². The molecule has 0 bridgehead atoms. The Kier molecular flexibility index (Phi) is 5.65. The summed E-state index contributed by atoms with van der Waals surface area (Å²) < 4.78 is 30.3. The number of nitrogens with zero attached hydrogens (tertiary/aromatic N) is 2. The zero-order valence-electron chi connectivity index (χ0n) is 16.5. The van der Waals surface area contributed by atoms with Gasteiger partial charge in [-0.1, -0.05) is 0 Å². The number of ketones is 1. The van der Waals surface area contributed by atoms with Gasteiger partial charge >= 0.3 is 6.09 Å². The lowest BCUT2D eigenvalue weighted by molar-refractivity contribution is -0.119. The van der Waals surface area contributed by atoms with Gasteiger partial charge < -0.3 is 15.0 Å². The fourth-order valence-corrected chi connectivity index (χ4v) is 4.75. The van der Waals surface area contributed by atoms with Gasteiger partial charge in [0.05, 0.1) is 18.8 Å². The number of nitrogens with one attached hydrogen (secondary N) is 1. The van der Waals surface area contributed by atoms with Crippen LogP contribution in [-0.2, 0) is 25.8 Å². The molecule has 0 aromatic heterocycles. The molecule has 2 amide bonds. The second-order valence-corrected chi connectivity index (χ2v) is 9.33. The lowest BCUT2D eigenvalue weighted by Crippen LogP contribution is -2.33. The highest BCUT2D eigenvalue weighted by atomic mass is 32.2. The number of anilines is 1. The van der Waals surface area contributed by atoms with Gasteiger partial charge in [-0.15, -0.1) is 0 Å². The van der Waals surface area contributed by atoms with Crippen LogP contribution < -0.4 is 10.2 Å². The SMILES string of the molecule is CC(=O)NC[C@H]1CN(c2ccc3c(c2)CCS(=O)(=O)/C(=C\N(C)C)C3=O)C(=O)O1. The number of carbonyl (C=O) groups is 3. The van der Waals surface area contributed by atoms with E-state index < -0.39 is 27.8 Å². The van der Waals surface area contributed by atoms with E-state index in [9.17, 15) is 22.8 Å². The first-order valence-electron chi connectivity index (χ1n) is 9.09. The number of carbonyl (C=O) groups excluding carboxylic acids is 3. The summed E-state index contributed by atoms with van der Waals surface area (Å²) in [5, 5.41) is 2.61. The summed E-state index contributed by atoms with van der Waals surface area (Å²) in [5.41, 5.74) is 1.39. The number of hydrogen-bond donors (Lipinski definition) is 1. The fraction of sp³-hybridized carbons (Fsp3) is 0.421. The first kappa shape index (κ1) is 20.8. The van der Waals surface area contributed by atoms with Crippen molar-refractivity contribution in [2.45, 2.75) is 19.4 Å². The predicted octanol–water partition coefficient (Wildman–Crippen LogP) is 0.705. The largest absolute Gasteiger partial charge is 0.442 e. The number of cyclic esters (lactones) is 1. The Morgan fingerprint density at radius 2 is 2.07 bits per heavy atom. The molecule has 29 heavy (non-hydrogen) atoms. The minimum absolute atomic E-state index is 0.167. The van der Waals surface area contributed by atoms with Gasteiger partial charge in [0.2, 0.25) is 11.7 Å². The van der Waals surface area contributed by atoms with Crippen LogP contribution in [0.5, 0.6) is 0 Å². The molecule has 1 saturated heterocycles. The van der Waals surface area contributed by atoms with Gasteiger partial charge in [0.1, 0.15) is 11.0 Å². The van der Waals surface area contributed by atoms with Gasteiger partial charge in [0.15, 0.2) is 9.84 Å². The molecule has 0 spiro atoms.